The van der Waals surface area contributed by atoms with E-state index in [1.807, 2.05) is 0 Å². The fourth-order valence-corrected chi connectivity index (χ4v) is 4.57. The summed E-state index contributed by atoms with van der Waals surface area (Å²) in [4.78, 5) is 38.6. The van der Waals surface area contributed by atoms with Crippen LogP contribution in [0.15, 0.2) is 18.2 Å². The van der Waals surface area contributed by atoms with Crippen LogP contribution in [0.2, 0.25) is 10.0 Å². The lowest BCUT2D eigenvalue weighted by Gasteiger charge is -2.30. The van der Waals surface area contributed by atoms with Gasteiger partial charge < -0.3 is 5.32 Å². The third kappa shape index (κ3) is 3.74. The highest BCUT2D eigenvalue weighted by Crippen LogP contribution is 2.45. The molecule has 0 aromatic heterocycles. The number of benzene rings is 1. The van der Waals surface area contributed by atoms with Gasteiger partial charge in [-0.3, -0.25) is 19.3 Å². The molecule has 0 unspecified atom stereocenters. The second-order valence-corrected chi connectivity index (χ2v) is 8.10. The highest BCUT2D eigenvalue weighted by Gasteiger charge is 2.51. The molecule has 1 N–H and O–H groups in total. The van der Waals surface area contributed by atoms with E-state index in [4.69, 9.17) is 23.2 Å². The summed E-state index contributed by atoms with van der Waals surface area (Å²) in [5.74, 6) is -0.808. The maximum absolute atomic E-state index is 12.8. The Morgan fingerprint density at radius 1 is 1.23 bits per heavy atom. The normalized spacial score (nSPS) is 20.5. The van der Waals surface area contributed by atoms with Gasteiger partial charge in [0.15, 0.2) is 0 Å². The Balaban J connectivity index is 1.64. The van der Waals surface area contributed by atoms with Crippen molar-refractivity contribution in [1.82, 2.24) is 10.2 Å². The average Bonchev–Trinajstić information content (AvgIpc) is 2.79. The fraction of sp³-hybridized carbons (Fsp3) is 0.526. The van der Waals surface area contributed by atoms with Crippen molar-refractivity contribution in [1.29, 1.82) is 0 Å². The standard InChI is InChI=1S/C19H22Cl2N2O3/c1-12(14-6-5-13(20)9-15(14)21)22-16(24)11-23-17(25)10-19(18(23)26)7-3-2-4-8-19/h5-6,9,12H,2-4,7-8,10-11H2,1H3,(H,22,24)/t12-/m0/s1. The van der Waals surface area contributed by atoms with Crippen molar-refractivity contribution in [2.24, 2.45) is 5.41 Å². The van der Waals surface area contributed by atoms with Crippen LogP contribution in [-0.4, -0.2) is 29.2 Å². The van der Waals surface area contributed by atoms with Crippen molar-refractivity contribution in [3.63, 3.8) is 0 Å². The first-order valence-corrected chi connectivity index (χ1v) is 9.67. The molecule has 1 aromatic rings. The first kappa shape index (κ1) is 19.2. The third-order valence-electron chi connectivity index (χ3n) is 5.41. The number of carbonyl (C=O) groups excluding carboxylic acids is 3. The molecule has 1 aliphatic carbocycles. The van der Waals surface area contributed by atoms with Crippen LogP contribution in [0.4, 0.5) is 0 Å². The largest absolute Gasteiger partial charge is 0.348 e. The lowest BCUT2D eigenvalue weighted by Crippen LogP contribution is -2.43. The molecule has 1 aromatic carbocycles. The van der Waals surface area contributed by atoms with E-state index in [0.29, 0.717) is 10.0 Å². The van der Waals surface area contributed by atoms with E-state index in [-0.39, 0.29) is 36.7 Å². The molecule has 1 heterocycles. The summed E-state index contributed by atoms with van der Waals surface area (Å²) in [5, 5.41) is 3.78. The molecule has 7 heteroatoms. The second-order valence-electron chi connectivity index (χ2n) is 7.26. The maximum Gasteiger partial charge on any atom is 0.240 e. The van der Waals surface area contributed by atoms with Gasteiger partial charge in [0.25, 0.3) is 0 Å². The maximum atomic E-state index is 12.8. The summed E-state index contributed by atoms with van der Waals surface area (Å²) < 4.78 is 0. The molecule has 140 valence electrons. The van der Waals surface area contributed by atoms with Gasteiger partial charge in [0.1, 0.15) is 6.54 Å². The zero-order valence-corrected chi connectivity index (χ0v) is 16.2. The molecule has 0 bridgehead atoms. The van der Waals surface area contributed by atoms with E-state index in [1.54, 1.807) is 25.1 Å². The highest BCUT2D eigenvalue weighted by atomic mass is 35.5. The number of amides is 3. The van der Waals surface area contributed by atoms with Gasteiger partial charge in [-0.1, -0.05) is 48.5 Å². The molecule has 0 radical (unpaired) electrons. The molecular formula is C19H22Cl2N2O3. The van der Waals surface area contributed by atoms with Crippen molar-refractivity contribution in [3.05, 3.63) is 33.8 Å². The van der Waals surface area contributed by atoms with Crippen LogP contribution < -0.4 is 5.32 Å². The smallest absolute Gasteiger partial charge is 0.240 e. The van der Waals surface area contributed by atoms with E-state index in [9.17, 15) is 14.4 Å². The Morgan fingerprint density at radius 3 is 2.58 bits per heavy atom. The van der Waals surface area contributed by atoms with E-state index in [2.05, 4.69) is 5.32 Å². The first-order valence-electron chi connectivity index (χ1n) is 8.91. The Hall–Kier alpha value is -1.59. The Kier molecular flexibility index (Phi) is 5.58. The van der Waals surface area contributed by atoms with E-state index >= 15 is 0 Å². The number of rotatable bonds is 4. The molecule has 3 amide bonds. The molecule has 26 heavy (non-hydrogen) atoms. The molecular weight excluding hydrogens is 375 g/mol. The van der Waals surface area contributed by atoms with Crippen molar-refractivity contribution in [3.8, 4) is 0 Å². The van der Waals surface area contributed by atoms with Crippen LogP contribution in [0, 0.1) is 5.41 Å². The zero-order chi connectivity index (χ0) is 18.9. The molecule has 3 rings (SSSR count). The molecule has 1 saturated heterocycles. The van der Waals surface area contributed by atoms with Gasteiger partial charge in [0.05, 0.1) is 11.5 Å². The number of hydrogen-bond acceptors (Lipinski definition) is 3. The topological polar surface area (TPSA) is 66.5 Å². The second kappa shape index (κ2) is 7.57. The van der Waals surface area contributed by atoms with Gasteiger partial charge in [-0.05, 0) is 37.5 Å². The Morgan fingerprint density at radius 2 is 1.92 bits per heavy atom. The van der Waals surface area contributed by atoms with Gasteiger partial charge in [0, 0.05) is 16.5 Å². The number of imide groups is 1. The predicted octanol–water partition coefficient (Wildman–Crippen LogP) is 3.88. The summed E-state index contributed by atoms with van der Waals surface area (Å²) in [5.41, 5.74) is 0.160. The van der Waals surface area contributed by atoms with Gasteiger partial charge in [-0.25, -0.2) is 0 Å². The van der Waals surface area contributed by atoms with Crippen molar-refractivity contribution in [2.75, 3.05) is 6.54 Å². The number of halogens is 2. The average molecular weight is 397 g/mol. The van der Waals surface area contributed by atoms with Crippen molar-refractivity contribution >= 4 is 40.9 Å². The van der Waals surface area contributed by atoms with E-state index in [1.165, 1.54) is 0 Å². The minimum Gasteiger partial charge on any atom is -0.348 e. The summed E-state index contributed by atoms with van der Waals surface area (Å²) in [6, 6.07) is 4.70. The first-order chi connectivity index (χ1) is 12.3. The summed E-state index contributed by atoms with van der Waals surface area (Å²) >= 11 is 12.1. The molecule has 2 aliphatic rings. The highest BCUT2D eigenvalue weighted by molar-refractivity contribution is 6.35. The number of hydrogen-bond donors (Lipinski definition) is 1. The van der Waals surface area contributed by atoms with Gasteiger partial charge in [-0.2, -0.15) is 0 Å². The van der Waals surface area contributed by atoms with Crippen molar-refractivity contribution in [2.45, 2.75) is 51.5 Å². The van der Waals surface area contributed by atoms with Crippen LogP contribution >= 0.6 is 23.2 Å². The number of likely N-dealkylation sites (tertiary alicyclic amines) is 1. The van der Waals surface area contributed by atoms with E-state index in [0.717, 1.165) is 42.6 Å². The number of carbonyl (C=O) groups is 3. The lowest BCUT2D eigenvalue weighted by atomic mass is 9.73. The molecule has 1 saturated carbocycles. The Labute approximate surface area is 163 Å². The fourth-order valence-electron chi connectivity index (χ4n) is 4.00. The molecule has 1 aliphatic heterocycles. The van der Waals surface area contributed by atoms with Crippen LogP contribution in [0.5, 0.6) is 0 Å². The van der Waals surface area contributed by atoms with Gasteiger partial charge >= 0.3 is 0 Å². The molecule has 1 atom stereocenters. The van der Waals surface area contributed by atoms with Crippen LogP contribution in [0.1, 0.15) is 57.1 Å². The Bertz CT molecular complexity index is 744. The van der Waals surface area contributed by atoms with Gasteiger partial charge in [-0.15, -0.1) is 0 Å². The molecule has 1 spiro atoms. The van der Waals surface area contributed by atoms with Gasteiger partial charge in [0.2, 0.25) is 17.7 Å². The van der Waals surface area contributed by atoms with Crippen molar-refractivity contribution < 1.29 is 14.4 Å². The van der Waals surface area contributed by atoms with Crippen LogP contribution in [0.3, 0.4) is 0 Å². The van der Waals surface area contributed by atoms with E-state index < -0.39 is 5.41 Å². The van der Waals surface area contributed by atoms with Crippen LogP contribution in [-0.2, 0) is 14.4 Å². The SMILES string of the molecule is C[C@H](NC(=O)CN1C(=O)CC2(CCCCC2)C1=O)c1ccc(Cl)cc1Cl. The summed E-state index contributed by atoms with van der Waals surface area (Å²) in [7, 11) is 0. The zero-order valence-electron chi connectivity index (χ0n) is 14.7. The minimum atomic E-state index is -0.569. The lowest BCUT2D eigenvalue weighted by molar-refractivity contribution is -0.145. The predicted molar refractivity (Wildman–Crippen MR) is 99.9 cm³/mol. The number of nitrogens with one attached hydrogen (secondary N) is 1. The summed E-state index contributed by atoms with van der Waals surface area (Å²) in [6.45, 7) is 1.55. The third-order valence-corrected chi connectivity index (χ3v) is 5.97. The quantitative estimate of drug-likeness (QED) is 0.785. The number of nitrogens with zero attached hydrogens (tertiary/aromatic N) is 1. The molecule has 5 nitrogen and oxygen atoms in total. The van der Waals surface area contributed by atoms with Crippen LogP contribution in [0.25, 0.3) is 0 Å². The minimum absolute atomic E-state index is 0.186. The molecule has 2 fully saturated rings. The monoisotopic (exact) mass is 396 g/mol. The summed E-state index contributed by atoms with van der Waals surface area (Å²) in [6.07, 6.45) is 4.75.